The molecule has 1 N–H and O–H groups in total. The second kappa shape index (κ2) is 7.00. The molecule has 0 amide bonds. The van der Waals surface area contributed by atoms with Gasteiger partial charge in [-0.15, -0.1) is 0 Å². The second-order valence-corrected chi connectivity index (χ2v) is 10.5. The summed E-state index contributed by atoms with van der Waals surface area (Å²) in [7, 11) is 0. The first-order chi connectivity index (χ1) is 14.0. The highest BCUT2D eigenvalue weighted by Gasteiger charge is 2.60. The van der Waals surface area contributed by atoms with Crippen LogP contribution in [0.2, 0.25) is 0 Å². The summed E-state index contributed by atoms with van der Waals surface area (Å²) in [5.41, 5.74) is 1.94. The predicted molar refractivity (Wildman–Crippen MR) is 111 cm³/mol. The number of fused-ring (bicyclic) bond motifs is 5. The summed E-state index contributed by atoms with van der Waals surface area (Å²) in [6.45, 7) is 6.36. The number of rotatable bonds is 3. The van der Waals surface area contributed by atoms with E-state index in [9.17, 15) is 9.70 Å². The van der Waals surface area contributed by atoms with Gasteiger partial charge in [-0.3, -0.25) is 4.79 Å². The van der Waals surface area contributed by atoms with Crippen LogP contribution in [0.4, 0.5) is 0 Å². The van der Waals surface area contributed by atoms with E-state index in [0.717, 1.165) is 63.7 Å². The molecular weight excluding hydrogens is 366 g/mol. The molecule has 0 aromatic rings. The van der Waals surface area contributed by atoms with E-state index in [-0.39, 0.29) is 23.0 Å². The minimum absolute atomic E-state index is 0.0115. The highest BCUT2D eigenvalue weighted by molar-refractivity contribution is 5.96. The average molecular weight is 400 g/mol. The Labute approximate surface area is 172 Å². The fourth-order valence-electron chi connectivity index (χ4n) is 7.42. The number of ketones is 1. The first-order valence-electron chi connectivity index (χ1n) is 11.5. The van der Waals surface area contributed by atoms with E-state index in [4.69, 9.17) is 4.84 Å². The average Bonchev–Trinajstić information content (AvgIpc) is 3.34. The smallest absolute Gasteiger partial charge is 0.141 e. The third-order valence-electron chi connectivity index (χ3n) is 9.16. The van der Waals surface area contributed by atoms with Gasteiger partial charge in [-0.05, 0) is 79.9 Å². The number of hydrogen-bond acceptors (Lipinski definition) is 6. The van der Waals surface area contributed by atoms with Gasteiger partial charge in [0.2, 0.25) is 0 Å². The zero-order valence-corrected chi connectivity index (χ0v) is 17.7. The summed E-state index contributed by atoms with van der Waals surface area (Å²) in [5.74, 6) is 1.84. The van der Waals surface area contributed by atoms with Gasteiger partial charge in [0.15, 0.2) is 0 Å². The molecule has 1 heterocycles. The molecule has 5 aliphatic rings. The van der Waals surface area contributed by atoms with Crippen LogP contribution >= 0.6 is 0 Å². The van der Waals surface area contributed by atoms with Crippen molar-refractivity contribution >= 4 is 11.5 Å². The SMILES string of the molecule is C[C@]12CCC(=NO[C@H]3CCNC3)C=C1C(N=O)C[C@@H]1[C@@H]2CC[C@]2(C)C(=O)CC[C@@H]12. The molecule has 1 aliphatic heterocycles. The maximum absolute atomic E-state index is 12.6. The summed E-state index contributed by atoms with van der Waals surface area (Å²) in [6.07, 6.45) is 9.74. The molecule has 5 rings (SSSR count). The molecular formula is C23H33N3O3. The summed E-state index contributed by atoms with van der Waals surface area (Å²) in [6, 6.07) is -0.294. The van der Waals surface area contributed by atoms with E-state index in [1.54, 1.807) is 0 Å². The van der Waals surface area contributed by atoms with E-state index >= 15 is 0 Å². The fraction of sp³-hybridized carbons (Fsp3) is 0.826. The molecule has 4 aliphatic carbocycles. The van der Waals surface area contributed by atoms with Crippen molar-refractivity contribution in [3.63, 3.8) is 0 Å². The highest BCUT2D eigenvalue weighted by Crippen LogP contribution is 2.64. The van der Waals surface area contributed by atoms with Gasteiger partial charge in [-0.25, -0.2) is 0 Å². The molecule has 158 valence electrons. The lowest BCUT2D eigenvalue weighted by Gasteiger charge is -2.57. The molecule has 6 nitrogen and oxygen atoms in total. The van der Waals surface area contributed by atoms with Crippen LogP contribution in [0.25, 0.3) is 0 Å². The largest absolute Gasteiger partial charge is 0.391 e. The lowest BCUT2D eigenvalue weighted by Crippen LogP contribution is -2.53. The third-order valence-corrected chi connectivity index (χ3v) is 9.16. The second-order valence-electron chi connectivity index (χ2n) is 10.5. The van der Waals surface area contributed by atoms with Crippen molar-refractivity contribution in [1.29, 1.82) is 0 Å². The molecule has 3 saturated carbocycles. The van der Waals surface area contributed by atoms with Crippen molar-refractivity contribution in [2.45, 2.75) is 77.4 Å². The Morgan fingerprint density at radius 1 is 1.10 bits per heavy atom. The van der Waals surface area contributed by atoms with E-state index in [1.807, 2.05) is 0 Å². The normalized spacial score (nSPS) is 47.9. The maximum atomic E-state index is 12.6. The zero-order valence-electron chi connectivity index (χ0n) is 17.7. The Hall–Kier alpha value is -1.56. The molecule has 0 radical (unpaired) electrons. The lowest BCUT2D eigenvalue weighted by molar-refractivity contribution is -0.132. The number of nitrogens with one attached hydrogen (secondary N) is 1. The standard InChI is InChI=1S/C23H33N3O3/c1-22-8-5-14(26-29-15-7-10-24-13-15)11-19(22)20(25-28)12-16-17-3-4-21(27)23(17,2)9-6-18(16)22/h11,15-18,20,24H,3-10,12-13H2,1-2H3/t15-,16-,17-,18-,20?,22+,23-/m0/s1. The molecule has 0 aromatic carbocycles. The van der Waals surface area contributed by atoms with Gasteiger partial charge < -0.3 is 10.2 Å². The van der Waals surface area contributed by atoms with Crippen LogP contribution in [0.15, 0.2) is 22.0 Å². The highest BCUT2D eigenvalue weighted by atomic mass is 16.6. The number of nitrogens with zero attached hydrogens (tertiary/aromatic N) is 2. The topological polar surface area (TPSA) is 80.1 Å². The van der Waals surface area contributed by atoms with Crippen LogP contribution in [0.1, 0.15) is 65.2 Å². The maximum Gasteiger partial charge on any atom is 0.141 e. The van der Waals surface area contributed by atoms with Crippen molar-refractivity contribution in [1.82, 2.24) is 5.32 Å². The Kier molecular flexibility index (Phi) is 4.68. The minimum Gasteiger partial charge on any atom is -0.391 e. The van der Waals surface area contributed by atoms with E-state index in [2.05, 4.69) is 35.6 Å². The fourth-order valence-corrected chi connectivity index (χ4v) is 7.42. The molecule has 0 aromatic heterocycles. The Bertz CT molecular complexity index is 771. The van der Waals surface area contributed by atoms with Gasteiger partial charge in [-0.2, -0.15) is 4.91 Å². The van der Waals surface area contributed by atoms with Crippen LogP contribution in [0, 0.1) is 33.5 Å². The number of carbonyl (C=O) groups is 1. The van der Waals surface area contributed by atoms with Gasteiger partial charge in [0.05, 0.1) is 5.71 Å². The van der Waals surface area contributed by atoms with Crippen LogP contribution in [-0.4, -0.2) is 36.7 Å². The van der Waals surface area contributed by atoms with E-state index < -0.39 is 0 Å². The summed E-state index contributed by atoms with van der Waals surface area (Å²) in [5, 5.41) is 11.3. The van der Waals surface area contributed by atoms with Gasteiger partial charge in [0.25, 0.3) is 0 Å². The van der Waals surface area contributed by atoms with Crippen molar-refractivity contribution in [3.05, 3.63) is 16.6 Å². The zero-order chi connectivity index (χ0) is 20.2. The summed E-state index contributed by atoms with van der Waals surface area (Å²) >= 11 is 0. The number of hydrogen-bond donors (Lipinski definition) is 1. The van der Waals surface area contributed by atoms with Crippen LogP contribution in [0.3, 0.4) is 0 Å². The van der Waals surface area contributed by atoms with E-state index in [1.165, 1.54) is 5.57 Å². The number of allylic oxidation sites excluding steroid dienone is 1. The molecule has 0 spiro atoms. The Morgan fingerprint density at radius 2 is 1.93 bits per heavy atom. The van der Waals surface area contributed by atoms with Crippen molar-refractivity contribution < 1.29 is 9.63 Å². The molecule has 0 bridgehead atoms. The molecule has 6 heteroatoms. The van der Waals surface area contributed by atoms with Gasteiger partial charge >= 0.3 is 0 Å². The quantitative estimate of drug-likeness (QED) is 0.575. The lowest BCUT2D eigenvalue weighted by atomic mass is 9.46. The number of Topliss-reactive ketones (excluding diaryl/α,β-unsaturated/α-hetero) is 1. The predicted octanol–water partition coefficient (Wildman–Crippen LogP) is 4.00. The number of nitroso groups, excluding NO2 is 1. The first-order valence-corrected chi connectivity index (χ1v) is 11.5. The first kappa shape index (κ1) is 19.4. The van der Waals surface area contributed by atoms with Crippen LogP contribution in [-0.2, 0) is 9.63 Å². The van der Waals surface area contributed by atoms with Crippen molar-refractivity contribution in [3.8, 4) is 0 Å². The van der Waals surface area contributed by atoms with Crippen LogP contribution < -0.4 is 5.32 Å². The molecule has 4 fully saturated rings. The third kappa shape index (κ3) is 2.93. The monoisotopic (exact) mass is 399 g/mol. The molecule has 1 saturated heterocycles. The van der Waals surface area contributed by atoms with Crippen molar-refractivity contribution in [2.75, 3.05) is 13.1 Å². The molecule has 7 atom stereocenters. The van der Waals surface area contributed by atoms with Crippen LogP contribution in [0.5, 0.6) is 0 Å². The minimum atomic E-state index is -0.294. The Balaban J connectivity index is 1.43. The van der Waals surface area contributed by atoms with E-state index in [0.29, 0.717) is 30.0 Å². The Morgan fingerprint density at radius 3 is 2.69 bits per heavy atom. The molecule has 29 heavy (non-hydrogen) atoms. The van der Waals surface area contributed by atoms with Crippen molar-refractivity contribution in [2.24, 2.45) is 38.9 Å². The number of oxime groups is 1. The summed E-state index contributed by atoms with van der Waals surface area (Å²) < 4.78 is 0. The van der Waals surface area contributed by atoms with Gasteiger partial charge in [-0.1, -0.05) is 24.2 Å². The molecule has 1 unspecified atom stereocenters. The summed E-state index contributed by atoms with van der Waals surface area (Å²) in [4.78, 5) is 30.3. The number of carbonyl (C=O) groups excluding carboxylic acids is 1. The van der Waals surface area contributed by atoms with Gasteiger partial charge in [0, 0.05) is 24.8 Å². The van der Waals surface area contributed by atoms with Gasteiger partial charge in [0.1, 0.15) is 17.9 Å².